The molecule has 7 nitrogen and oxygen atoms in total. The molecule has 122 valence electrons. The first-order valence-electron chi connectivity index (χ1n) is 6.91. The van der Waals surface area contributed by atoms with Crippen LogP contribution < -0.4 is 4.31 Å². The number of aromatic nitrogens is 3. The van der Waals surface area contributed by atoms with Crippen LogP contribution in [0.5, 0.6) is 0 Å². The van der Waals surface area contributed by atoms with Gasteiger partial charge in [-0.05, 0) is 43.3 Å². The monoisotopic (exact) mass is 361 g/mol. The van der Waals surface area contributed by atoms with Gasteiger partial charge in [0.05, 0.1) is 11.8 Å². The fraction of sp³-hybridized carbons (Fsp3) is 0.133. The Morgan fingerprint density at radius 2 is 1.96 bits per heavy atom. The molecule has 3 aromatic rings. The van der Waals surface area contributed by atoms with Crippen LogP contribution in [0.4, 0.5) is 5.69 Å². The Balaban J connectivity index is 2.19. The molecule has 0 saturated carbocycles. The van der Waals surface area contributed by atoms with Gasteiger partial charge in [-0.1, -0.05) is 11.6 Å². The maximum absolute atomic E-state index is 13.1. The highest BCUT2D eigenvalue weighted by molar-refractivity contribution is 7.93. The lowest BCUT2D eigenvalue weighted by Gasteiger charge is -2.21. The Labute approximate surface area is 143 Å². The van der Waals surface area contributed by atoms with E-state index >= 15 is 0 Å². The lowest BCUT2D eigenvalue weighted by Crippen LogP contribution is -2.31. The van der Waals surface area contributed by atoms with E-state index in [9.17, 15) is 8.42 Å². The molecule has 0 atom stereocenters. The summed E-state index contributed by atoms with van der Waals surface area (Å²) in [6.45, 7) is 1.39. The zero-order chi connectivity index (χ0) is 17.3. The highest BCUT2D eigenvalue weighted by Gasteiger charge is 2.28. The van der Waals surface area contributed by atoms with E-state index in [0.717, 1.165) is 4.31 Å². The van der Waals surface area contributed by atoms with Crippen molar-refractivity contribution < 1.29 is 8.42 Å². The Kier molecular flexibility index (Phi) is 4.13. The topological polar surface area (TPSA) is 91.4 Å². The molecule has 2 heterocycles. The van der Waals surface area contributed by atoms with Crippen molar-refractivity contribution in [2.24, 2.45) is 0 Å². The maximum Gasteiger partial charge on any atom is 0.269 e. The van der Waals surface area contributed by atoms with E-state index in [0.29, 0.717) is 16.5 Å². The Bertz CT molecular complexity index is 1040. The summed E-state index contributed by atoms with van der Waals surface area (Å²) in [7, 11) is -4.00. The van der Waals surface area contributed by atoms with Gasteiger partial charge in [0.15, 0.2) is 5.65 Å². The number of sulfonamides is 1. The lowest BCUT2D eigenvalue weighted by atomic mass is 10.3. The number of rotatable bonds is 4. The molecular formula is C15H12ClN5O2S. The SMILES string of the molecule is Cc1nnc2c(S(=O)(=O)N(CC#N)c3ccc(Cl)cc3)cccn12. The van der Waals surface area contributed by atoms with Crippen LogP contribution in [0.3, 0.4) is 0 Å². The van der Waals surface area contributed by atoms with Gasteiger partial charge in [0.25, 0.3) is 10.0 Å². The summed E-state index contributed by atoms with van der Waals surface area (Å²) >= 11 is 5.85. The average Bonchev–Trinajstić information content (AvgIpc) is 2.95. The van der Waals surface area contributed by atoms with Crippen LogP contribution in [-0.2, 0) is 10.0 Å². The van der Waals surface area contributed by atoms with Gasteiger partial charge in [-0.25, -0.2) is 8.42 Å². The molecule has 24 heavy (non-hydrogen) atoms. The zero-order valence-electron chi connectivity index (χ0n) is 12.6. The number of halogens is 1. The van der Waals surface area contributed by atoms with Crippen molar-refractivity contribution in [2.75, 3.05) is 10.8 Å². The lowest BCUT2D eigenvalue weighted by molar-refractivity contribution is 0.593. The largest absolute Gasteiger partial charge is 0.286 e. The van der Waals surface area contributed by atoms with Crippen LogP contribution in [0, 0.1) is 18.3 Å². The summed E-state index contributed by atoms with van der Waals surface area (Å²) in [5.41, 5.74) is 0.561. The fourth-order valence-corrected chi connectivity index (χ4v) is 3.92. The van der Waals surface area contributed by atoms with E-state index in [1.165, 1.54) is 6.07 Å². The third-order valence-electron chi connectivity index (χ3n) is 3.47. The summed E-state index contributed by atoms with van der Waals surface area (Å²) in [5, 5.41) is 17.4. The molecule has 0 saturated heterocycles. The van der Waals surface area contributed by atoms with Crippen molar-refractivity contribution in [1.82, 2.24) is 14.6 Å². The molecule has 0 N–H and O–H groups in total. The zero-order valence-corrected chi connectivity index (χ0v) is 14.2. The highest BCUT2D eigenvalue weighted by atomic mass is 35.5. The normalized spacial score (nSPS) is 11.4. The van der Waals surface area contributed by atoms with Crippen molar-refractivity contribution >= 4 is 33.0 Å². The van der Waals surface area contributed by atoms with Crippen molar-refractivity contribution in [2.45, 2.75) is 11.8 Å². The Morgan fingerprint density at radius 1 is 1.25 bits per heavy atom. The number of nitriles is 1. The molecule has 2 aromatic heterocycles. The van der Waals surface area contributed by atoms with Crippen molar-refractivity contribution in [1.29, 1.82) is 5.26 Å². The van der Waals surface area contributed by atoms with Gasteiger partial charge >= 0.3 is 0 Å². The predicted octanol–water partition coefficient (Wildman–Crippen LogP) is 2.41. The summed E-state index contributed by atoms with van der Waals surface area (Å²) < 4.78 is 28.8. The molecule has 1 aromatic carbocycles. The van der Waals surface area contributed by atoms with Gasteiger partial charge in [0, 0.05) is 11.2 Å². The van der Waals surface area contributed by atoms with E-state index in [4.69, 9.17) is 16.9 Å². The van der Waals surface area contributed by atoms with Gasteiger partial charge < -0.3 is 0 Å². The molecule has 0 fully saturated rings. The second-order valence-corrected chi connectivity index (χ2v) is 7.23. The number of fused-ring (bicyclic) bond motifs is 1. The van der Waals surface area contributed by atoms with Gasteiger partial charge in [0.2, 0.25) is 0 Å². The standard InChI is InChI=1S/C15H12ClN5O2S/c1-11-18-19-15-14(3-2-9-20(11)15)24(22,23)21(10-8-17)13-6-4-12(16)5-7-13/h2-7,9H,10H2,1H3. The van der Waals surface area contributed by atoms with E-state index in [-0.39, 0.29) is 17.1 Å². The third-order valence-corrected chi connectivity index (χ3v) is 5.51. The minimum atomic E-state index is -4.00. The van der Waals surface area contributed by atoms with Gasteiger partial charge in [-0.3, -0.25) is 8.71 Å². The number of hydrogen-bond donors (Lipinski definition) is 0. The van der Waals surface area contributed by atoms with E-state index in [2.05, 4.69) is 10.2 Å². The molecule has 0 aliphatic rings. The highest BCUT2D eigenvalue weighted by Crippen LogP contribution is 2.26. The first-order valence-corrected chi connectivity index (χ1v) is 8.72. The molecule has 0 bridgehead atoms. The summed E-state index contributed by atoms with van der Waals surface area (Å²) in [6.07, 6.45) is 1.68. The average molecular weight is 362 g/mol. The molecule has 0 amide bonds. The number of anilines is 1. The second-order valence-electron chi connectivity index (χ2n) is 4.96. The molecule has 9 heteroatoms. The minimum absolute atomic E-state index is 0.0178. The third kappa shape index (κ3) is 2.68. The first kappa shape index (κ1) is 16.2. The van der Waals surface area contributed by atoms with Crippen molar-refractivity contribution in [3.05, 3.63) is 53.4 Å². The Hall–Kier alpha value is -2.63. The van der Waals surface area contributed by atoms with Crippen molar-refractivity contribution in [3.63, 3.8) is 0 Å². The Morgan fingerprint density at radius 3 is 2.62 bits per heavy atom. The van der Waals surface area contributed by atoms with E-state index in [1.54, 1.807) is 47.9 Å². The van der Waals surface area contributed by atoms with Crippen molar-refractivity contribution in [3.8, 4) is 6.07 Å². The number of aryl methyl sites for hydroxylation is 1. The van der Waals surface area contributed by atoms with Crippen LogP contribution >= 0.6 is 11.6 Å². The van der Waals surface area contributed by atoms with Crippen LogP contribution in [0.2, 0.25) is 5.02 Å². The van der Waals surface area contributed by atoms with Gasteiger partial charge in [-0.2, -0.15) is 5.26 Å². The first-order chi connectivity index (χ1) is 11.4. The quantitative estimate of drug-likeness (QED) is 0.665. The maximum atomic E-state index is 13.1. The molecule has 0 unspecified atom stereocenters. The number of benzene rings is 1. The van der Waals surface area contributed by atoms with Crippen LogP contribution in [0.1, 0.15) is 5.82 Å². The summed E-state index contributed by atoms with van der Waals surface area (Å²) in [6, 6.07) is 11.2. The van der Waals surface area contributed by atoms with Crippen LogP contribution in [0.15, 0.2) is 47.5 Å². The van der Waals surface area contributed by atoms with Gasteiger partial charge in [-0.15, -0.1) is 10.2 Å². The number of nitrogens with zero attached hydrogens (tertiary/aromatic N) is 5. The molecule has 0 aliphatic heterocycles. The molecule has 0 radical (unpaired) electrons. The molecule has 0 aliphatic carbocycles. The smallest absolute Gasteiger partial charge is 0.269 e. The minimum Gasteiger partial charge on any atom is -0.286 e. The van der Waals surface area contributed by atoms with E-state index < -0.39 is 10.0 Å². The van der Waals surface area contributed by atoms with Crippen LogP contribution in [-0.4, -0.2) is 29.6 Å². The van der Waals surface area contributed by atoms with Crippen LogP contribution in [0.25, 0.3) is 5.65 Å². The molecule has 3 rings (SSSR count). The molecular weight excluding hydrogens is 350 g/mol. The molecule has 0 spiro atoms. The summed E-state index contributed by atoms with van der Waals surface area (Å²) in [5.74, 6) is 0.570. The summed E-state index contributed by atoms with van der Waals surface area (Å²) in [4.78, 5) is -0.0178. The number of pyridine rings is 1. The second kappa shape index (κ2) is 6.11. The number of hydrogen-bond acceptors (Lipinski definition) is 5. The fourth-order valence-electron chi connectivity index (χ4n) is 2.31. The van der Waals surface area contributed by atoms with Gasteiger partial charge in [0.1, 0.15) is 17.3 Å². The van der Waals surface area contributed by atoms with E-state index in [1.807, 2.05) is 6.07 Å². The predicted molar refractivity (Wildman–Crippen MR) is 89.3 cm³/mol.